The summed E-state index contributed by atoms with van der Waals surface area (Å²) in [5.74, 6) is -0.229. The van der Waals surface area contributed by atoms with E-state index in [1.165, 1.54) is 13.2 Å². The predicted molar refractivity (Wildman–Crippen MR) is 62.8 cm³/mol. The van der Waals surface area contributed by atoms with Crippen LogP contribution in [0, 0.1) is 10.1 Å². The molecule has 1 rings (SSSR count). The van der Waals surface area contributed by atoms with Gasteiger partial charge in [-0.05, 0) is 0 Å². The zero-order valence-electron chi connectivity index (χ0n) is 8.20. The summed E-state index contributed by atoms with van der Waals surface area (Å²) in [5.41, 5.74) is -0.157. The van der Waals surface area contributed by atoms with Crippen LogP contribution < -0.4 is 4.74 Å². The molecule has 5 nitrogen and oxygen atoms in total. The molecule has 86 valence electrons. The molecule has 0 saturated heterocycles. The van der Waals surface area contributed by atoms with Gasteiger partial charge in [-0.1, -0.05) is 27.5 Å². The third kappa shape index (κ3) is 2.51. The smallest absolute Gasteiger partial charge is 0.273 e. The van der Waals surface area contributed by atoms with Crippen LogP contribution in [-0.2, 0) is 0 Å². The zero-order chi connectivity index (χ0) is 12.3. The summed E-state index contributed by atoms with van der Waals surface area (Å²) in [7, 11) is 1.33. The average Bonchev–Trinajstić information content (AvgIpc) is 2.28. The Labute approximate surface area is 105 Å². The summed E-state index contributed by atoms with van der Waals surface area (Å²) in [5, 5.41) is 10.7. The lowest BCUT2D eigenvalue weighted by Gasteiger charge is -2.06. The zero-order valence-corrected chi connectivity index (χ0v) is 10.5. The Morgan fingerprint density at radius 2 is 2.25 bits per heavy atom. The normalized spacial score (nSPS) is 9.94. The number of nitro groups is 1. The number of alkyl halides is 1. The molecule has 0 aliphatic heterocycles. The van der Waals surface area contributed by atoms with E-state index in [-0.39, 0.29) is 33.1 Å². The van der Waals surface area contributed by atoms with E-state index in [9.17, 15) is 14.9 Å². The summed E-state index contributed by atoms with van der Waals surface area (Å²) in [6.07, 6.45) is 0. The van der Waals surface area contributed by atoms with E-state index in [2.05, 4.69) is 15.9 Å². The highest BCUT2D eigenvalue weighted by atomic mass is 79.9. The molecule has 0 saturated carbocycles. The average molecular weight is 309 g/mol. The topological polar surface area (TPSA) is 69.4 Å². The van der Waals surface area contributed by atoms with E-state index in [1.54, 1.807) is 0 Å². The maximum Gasteiger partial charge on any atom is 0.273 e. The van der Waals surface area contributed by atoms with Gasteiger partial charge in [0.2, 0.25) is 0 Å². The van der Waals surface area contributed by atoms with Crippen molar-refractivity contribution in [2.45, 2.75) is 0 Å². The first-order chi connectivity index (χ1) is 7.51. The lowest BCUT2D eigenvalue weighted by atomic mass is 10.1. The second-order valence-electron chi connectivity index (χ2n) is 2.82. The van der Waals surface area contributed by atoms with Gasteiger partial charge in [-0.15, -0.1) is 0 Å². The molecule has 7 heteroatoms. The third-order valence-electron chi connectivity index (χ3n) is 1.88. The summed E-state index contributed by atoms with van der Waals surface area (Å²) in [6, 6.07) is 2.31. The first kappa shape index (κ1) is 12.9. The number of non-ortho nitro benzene ring substituents is 1. The molecule has 0 fully saturated rings. The number of Topliss-reactive ketones (excluding diaryl/α,β-unsaturated/α-hetero) is 1. The minimum absolute atomic E-state index is 0.0387. The fourth-order valence-electron chi connectivity index (χ4n) is 1.11. The molecule has 0 radical (unpaired) electrons. The second kappa shape index (κ2) is 5.27. The molecule has 0 N–H and O–H groups in total. The number of rotatable bonds is 4. The van der Waals surface area contributed by atoms with E-state index in [1.807, 2.05) is 0 Å². The van der Waals surface area contributed by atoms with E-state index in [4.69, 9.17) is 16.3 Å². The predicted octanol–water partition coefficient (Wildman–Crippen LogP) is 2.83. The first-order valence-corrected chi connectivity index (χ1v) is 5.62. The highest BCUT2D eigenvalue weighted by molar-refractivity contribution is 9.09. The van der Waals surface area contributed by atoms with Gasteiger partial charge in [0.15, 0.2) is 5.78 Å². The van der Waals surface area contributed by atoms with Gasteiger partial charge in [0, 0.05) is 11.6 Å². The SMILES string of the molecule is COc1cc([N+](=O)[O-])cc(C(=O)CBr)c1Cl. The van der Waals surface area contributed by atoms with Gasteiger partial charge in [0.05, 0.1) is 28.5 Å². The van der Waals surface area contributed by atoms with Crippen LogP contribution >= 0.6 is 27.5 Å². The number of nitrogens with zero attached hydrogens (tertiary/aromatic N) is 1. The molecule has 1 aromatic carbocycles. The molecule has 0 aliphatic rings. The maximum absolute atomic E-state index is 11.5. The van der Waals surface area contributed by atoms with Crippen molar-refractivity contribution >= 4 is 39.0 Å². The first-order valence-electron chi connectivity index (χ1n) is 4.12. The Hall–Kier alpha value is -1.14. The number of carbonyl (C=O) groups is 1. The Morgan fingerprint density at radius 3 is 2.69 bits per heavy atom. The van der Waals surface area contributed by atoms with Gasteiger partial charge in [-0.2, -0.15) is 0 Å². The van der Waals surface area contributed by atoms with Crippen LogP contribution in [0.15, 0.2) is 12.1 Å². The van der Waals surface area contributed by atoms with Crippen molar-refractivity contribution in [1.29, 1.82) is 0 Å². The highest BCUT2D eigenvalue weighted by Crippen LogP contribution is 2.33. The van der Waals surface area contributed by atoms with Crippen molar-refractivity contribution in [3.63, 3.8) is 0 Å². The van der Waals surface area contributed by atoms with Crippen LogP contribution in [0.5, 0.6) is 5.75 Å². The van der Waals surface area contributed by atoms with Gasteiger partial charge in [-0.3, -0.25) is 14.9 Å². The van der Waals surface area contributed by atoms with Crippen molar-refractivity contribution in [1.82, 2.24) is 0 Å². The van der Waals surface area contributed by atoms with Crippen LogP contribution in [0.25, 0.3) is 0 Å². The summed E-state index contributed by atoms with van der Waals surface area (Å²) in [4.78, 5) is 21.5. The number of ketones is 1. The molecule has 16 heavy (non-hydrogen) atoms. The van der Waals surface area contributed by atoms with E-state index >= 15 is 0 Å². The van der Waals surface area contributed by atoms with Gasteiger partial charge < -0.3 is 4.74 Å². The second-order valence-corrected chi connectivity index (χ2v) is 3.76. The minimum atomic E-state index is -0.607. The molecular weight excluding hydrogens is 301 g/mol. The molecule has 0 atom stereocenters. The van der Waals surface area contributed by atoms with Crippen molar-refractivity contribution < 1.29 is 14.5 Å². The minimum Gasteiger partial charge on any atom is -0.495 e. The molecule has 0 bridgehead atoms. The van der Waals surface area contributed by atoms with Crippen LogP contribution in [0.2, 0.25) is 5.02 Å². The summed E-state index contributed by atoms with van der Waals surface area (Å²) >= 11 is 8.84. The largest absolute Gasteiger partial charge is 0.495 e. The van der Waals surface area contributed by atoms with Crippen molar-refractivity contribution in [2.75, 3.05) is 12.4 Å². The van der Waals surface area contributed by atoms with Crippen LogP contribution in [0.4, 0.5) is 5.69 Å². The van der Waals surface area contributed by atoms with Gasteiger partial charge in [0.1, 0.15) is 5.75 Å². The molecule has 0 heterocycles. The number of benzene rings is 1. The number of carbonyl (C=O) groups excluding carboxylic acids is 1. The summed E-state index contributed by atoms with van der Waals surface area (Å²) in [6.45, 7) is 0. The van der Waals surface area contributed by atoms with Gasteiger partial charge in [-0.25, -0.2) is 0 Å². The Morgan fingerprint density at radius 1 is 1.62 bits per heavy atom. The number of ether oxygens (including phenoxy) is 1. The fraction of sp³-hybridized carbons (Fsp3) is 0.222. The molecule has 1 aromatic rings. The third-order valence-corrected chi connectivity index (χ3v) is 2.78. The van der Waals surface area contributed by atoms with E-state index in [0.717, 1.165) is 6.07 Å². The molecule has 0 spiro atoms. The molecule has 0 aliphatic carbocycles. The van der Waals surface area contributed by atoms with Crippen LogP contribution in [0.1, 0.15) is 10.4 Å². The van der Waals surface area contributed by atoms with E-state index < -0.39 is 4.92 Å². The van der Waals surface area contributed by atoms with Crippen LogP contribution in [0.3, 0.4) is 0 Å². The Balaban J connectivity index is 3.41. The standard InChI is InChI=1S/C9H7BrClNO4/c1-16-8-3-5(12(14)15)2-6(9(8)11)7(13)4-10/h2-3H,4H2,1H3. The summed E-state index contributed by atoms with van der Waals surface area (Å²) < 4.78 is 4.87. The Bertz CT molecular complexity index is 449. The fourth-order valence-corrected chi connectivity index (χ4v) is 1.71. The van der Waals surface area contributed by atoms with Crippen molar-refractivity contribution in [3.05, 3.63) is 32.8 Å². The monoisotopic (exact) mass is 307 g/mol. The number of halogens is 2. The lowest BCUT2D eigenvalue weighted by molar-refractivity contribution is -0.384. The van der Waals surface area contributed by atoms with Gasteiger partial charge >= 0.3 is 0 Å². The van der Waals surface area contributed by atoms with Crippen molar-refractivity contribution in [3.8, 4) is 5.75 Å². The number of hydrogen-bond acceptors (Lipinski definition) is 4. The lowest BCUT2D eigenvalue weighted by Crippen LogP contribution is -2.03. The molecule has 0 unspecified atom stereocenters. The van der Waals surface area contributed by atoms with Gasteiger partial charge in [0.25, 0.3) is 5.69 Å². The maximum atomic E-state index is 11.5. The number of methoxy groups -OCH3 is 1. The highest BCUT2D eigenvalue weighted by Gasteiger charge is 2.19. The van der Waals surface area contributed by atoms with Crippen molar-refractivity contribution in [2.24, 2.45) is 0 Å². The Kier molecular flexibility index (Phi) is 4.26. The van der Waals surface area contributed by atoms with Crippen LogP contribution in [-0.4, -0.2) is 23.1 Å². The number of hydrogen-bond donors (Lipinski definition) is 0. The van der Waals surface area contributed by atoms with E-state index in [0.29, 0.717) is 0 Å². The quantitative estimate of drug-likeness (QED) is 0.371. The molecule has 0 amide bonds. The number of nitro benzene ring substituents is 1. The molecular formula is C9H7BrClNO4. The molecule has 0 aromatic heterocycles.